The zero-order valence-electron chi connectivity index (χ0n) is 19.8. The monoisotopic (exact) mass is 540 g/mol. The molecule has 0 spiro atoms. The first-order valence-electron chi connectivity index (χ1n) is 11.8. The number of fused-ring (bicyclic) bond motifs is 2. The lowest BCUT2D eigenvalue weighted by Crippen LogP contribution is -2.34. The molecule has 0 saturated carbocycles. The van der Waals surface area contributed by atoms with E-state index in [-0.39, 0.29) is 5.91 Å². The number of benzene rings is 2. The predicted octanol–water partition coefficient (Wildman–Crippen LogP) is 5.87. The van der Waals surface area contributed by atoms with Crippen LogP contribution in [0, 0.1) is 0 Å². The van der Waals surface area contributed by atoms with E-state index in [0.29, 0.717) is 48.2 Å². The van der Waals surface area contributed by atoms with Crippen molar-refractivity contribution in [2.75, 3.05) is 17.7 Å². The van der Waals surface area contributed by atoms with Crippen LogP contribution in [0.15, 0.2) is 42.5 Å². The van der Waals surface area contributed by atoms with Crippen LogP contribution < -0.4 is 5.32 Å². The fourth-order valence-electron chi connectivity index (χ4n) is 4.21. The second-order valence-electron chi connectivity index (χ2n) is 8.40. The number of thiazole rings is 2. The summed E-state index contributed by atoms with van der Waals surface area (Å²) in [5.74, 6) is -0.163. The van der Waals surface area contributed by atoms with Gasteiger partial charge in [0.25, 0.3) is 5.91 Å². The Labute approximate surface area is 222 Å². The molecule has 2 aromatic carbocycles. The third-order valence-corrected chi connectivity index (χ3v) is 8.46. The average Bonchev–Trinajstić information content (AvgIpc) is 3.50. The van der Waals surface area contributed by atoms with Crippen LogP contribution in [0.2, 0.25) is 0 Å². The van der Waals surface area contributed by atoms with E-state index in [1.807, 2.05) is 43.3 Å². The summed E-state index contributed by atoms with van der Waals surface area (Å²) in [4.78, 5) is 41.9. The van der Waals surface area contributed by atoms with Crippen LogP contribution in [-0.4, -0.2) is 39.3 Å². The second kappa shape index (κ2) is 11.0. The maximum Gasteiger partial charge on any atom is 0.376 e. The molecule has 1 aliphatic rings. The van der Waals surface area contributed by atoms with Crippen molar-refractivity contribution in [3.63, 3.8) is 0 Å². The van der Waals surface area contributed by atoms with E-state index >= 15 is 0 Å². The second-order valence-corrected chi connectivity index (χ2v) is 11.0. The number of carbonyl (C=O) groups excluding carboxylic acids is 2. The van der Waals surface area contributed by atoms with Crippen molar-refractivity contribution in [2.24, 2.45) is 0 Å². The van der Waals surface area contributed by atoms with Gasteiger partial charge in [-0.15, -0.1) is 28.0 Å². The molecule has 186 valence electrons. The Kier molecular flexibility index (Phi) is 7.62. The minimum absolute atomic E-state index is 0.227. The molecule has 7 nitrogen and oxygen atoms in total. The van der Waals surface area contributed by atoms with E-state index < -0.39 is 5.97 Å². The van der Waals surface area contributed by atoms with Crippen LogP contribution in [0.3, 0.4) is 0 Å². The van der Waals surface area contributed by atoms with Gasteiger partial charge in [0, 0.05) is 22.9 Å². The van der Waals surface area contributed by atoms with E-state index in [2.05, 4.69) is 15.3 Å². The number of nitrogens with zero attached hydrogens (tertiary/aromatic N) is 3. The van der Waals surface area contributed by atoms with Gasteiger partial charge in [-0.05, 0) is 55.0 Å². The van der Waals surface area contributed by atoms with Gasteiger partial charge >= 0.3 is 5.97 Å². The molecule has 10 heteroatoms. The summed E-state index contributed by atoms with van der Waals surface area (Å²) < 4.78 is 1.01. The molecule has 3 heterocycles. The number of para-hydroxylation sites is 1. The highest BCUT2D eigenvalue weighted by molar-refractivity contribution is 7.22. The molecular formula is C26H25ClN4O3S2. The standard InChI is InChI=1S/C26H25ClN4O3S2/c1-2-22-29-23(21(35-22)11-6-13-27)25(33)34-31-14-12-16-7-5-8-17(18(16)15-31)24(32)30-26-28-19-9-3-4-10-20(19)36-26/h3-5,7-10H,2,6,11-15H2,1H3,(H,28,30,32). The highest BCUT2D eigenvalue weighted by atomic mass is 35.5. The number of aromatic nitrogens is 2. The Hall–Kier alpha value is -2.85. The summed E-state index contributed by atoms with van der Waals surface area (Å²) in [5.41, 5.74) is 3.70. The number of amides is 1. The number of alkyl halides is 1. The molecule has 1 N–H and O–H groups in total. The number of hydrogen-bond donors (Lipinski definition) is 1. The van der Waals surface area contributed by atoms with Crippen LogP contribution in [-0.2, 0) is 30.6 Å². The first kappa shape index (κ1) is 24.8. The number of halogens is 1. The van der Waals surface area contributed by atoms with Gasteiger partial charge in [0.05, 0.1) is 21.8 Å². The van der Waals surface area contributed by atoms with Crippen molar-refractivity contribution in [3.05, 3.63) is 74.7 Å². The normalized spacial score (nSPS) is 13.5. The lowest BCUT2D eigenvalue weighted by molar-refractivity contribution is -0.120. The van der Waals surface area contributed by atoms with E-state index in [1.165, 1.54) is 11.3 Å². The Bertz CT molecular complexity index is 1380. The molecule has 0 unspecified atom stereocenters. The molecular weight excluding hydrogens is 516 g/mol. The van der Waals surface area contributed by atoms with Crippen LogP contribution >= 0.6 is 34.3 Å². The fraction of sp³-hybridized carbons (Fsp3) is 0.308. The fourth-order valence-corrected chi connectivity index (χ4v) is 6.24. The van der Waals surface area contributed by atoms with Gasteiger partial charge in [-0.1, -0.05) is 42.5 Å². The lowest BCUT2D eigenvalue weighted by atomic mass is 9.95. The van der Waals surface area contributed by atoms with E-state index in [4.69, 9.17) is 16.4 Å². The molecule has 1 aliphatic heterocycles. The van der Waals surface area contributed by atoms with Crippen LogP contribution in [0.1, 0.15) is 55.2 Å². The maximum atomic E-state index is 13.2. The molecule has 0 saturated heterocycles. The van der Waals surface area contributed by atoms with Gasteiger partial charge in [-0.3, -0.25) is 10.1 Å². The van der Waals surface area contributed by atoms with E-state index in [9.17, 15) is 9.59 Å². The predicted molar refractivity (Wildman–Crippen MR) is 144 cm³/mol. The molecule has 5 rings (SSSR count). The summed E-state index contributed by atoms with van der Waals surface area (Å²) in [6, 6.07) is 13.5. The largest absolute Gasteiger partial charge is 0.376 e. The first-order valence-corrected chi connectivity index (χ1v) is 14.0. The highest BCUT2D eigenvalue weighted by Crippen LogP contribution is 2.29. The summed E-state index contributed by atoms with van der Waals surface area (Å²) in [5, 5.41) is 6.02. The summed E-state index contributed by atoms with van der Waals surface area (Å²) in [7, 11) is 0. The third-order valence-electron chi connectivity index (χ3n) is 5.98. The Balaban J connectivity index is 1.32. The third kappa shape index (κ3) is 5.29. The Morgan fingerprint density at radius 1 is 1.14 bits per heavy atom. The molecule has 1 amide bonds. The Morgan fingerprint density at radius 2 is 2.00 bits per heavy atom. The van der Waals surface area contributed by atoms with E-state index in [0.717, 1.165) is 44.1 Å². The van der Waals surface area contributed by atoms with Gasteiger partial charge in [-0.2, -0.15) is 0 Å². The zero-order valence-corrected chi connectivity index (χ0v) is 22.1. The number of hydroxylamine groups is 2. The molecule has 4 aromatic rings. The molecule has 0 aliphatic carbocycles. The molecule has 0 radical (unpaired) electrons. The van der Waals surface area contributed by atoms with E-state index in [1.54, 1.807) is 22.5 Å². The first-order chi connectivity index (χ1) is 17.6. The van der Waals surface area contributed by atoms with Gasteiger partial charge in [0.15, 0.2) is 10.8 Å². The molecule has 2 aromatic heterocycles. The summed E-state index contributed by atoms with van der Waals surface area (Å²) in [6.07, 6.45) is 2.90. The van der Waals surface area contributed by atoms with Gasteiger partial charge in [-0.25, -0.2) is 14.8 Å². The van der Waals surface area contributed by atoms with Crippen molar-refractivity contribution in [1.82, 2.24) is 15.0 Å². The van der Waals surface area contributed by atoms with Gasteiger partial charge < -0.3 is 4.84 Å². The Morgan fingerprint density at radius 3 is 2.81 bits per heavy atom. The lowest BCUT2D eigenvalue weighted by Gasteiger charge is -2.28. The van der Waals surface area contributed by atoms with Gasteiger partial charge in [0.1, 0.15) is 0 Å². The SMILES string of the molecule is CCc1nc(C(=O)ON2CCc3cccc(C(=O)Nc4nc5ccccc5s4)c3C2)c(CCCCl)s1. The number of rotatable bonds is 8. The highest BCUT2D eigenvalue weighted by Gasteiger charge is 2.27. The number of aryl methyl sites for hydroxylation is 2. The van der Waals surface area contributed by atoms with Crippen molar-refractivity contribution in [1.29, 1.82) is 0 Å². The molecule has 0 bridgehead atoms. The number of anilines is 1. The topological polar surface area (TPSA) is 84.4 Å². The molecule has 0 fully saturated rings. The maximum absolute atomic E-state index is 13.2. The van der Waals surface area contributed by atoms with Crippen LogP contribution in [0.25, 0.3) is 10.2 Å². The smallest absolute Gasteiger partial charge is 0.362 e. The summed E-state index contributed by atoms with van der Waals surface area (Å²) in [6.45, 7) is 2.89. The summed E-state index contributed by atoms with van der Waals surface area (Å²) >= 11 is 8.84. The van der Waals surface area contributed by atoms with Gasteiger partial charge in [0.2, 0.25) is 0 Å². The minimum Gasteiger partial charge on any atom is -0.362 e. The average molecular weight is 541 g/mol. The van der Waals surface area contributed by atoms with Crippen molar-refractivity contribution in [3.8, 4) is 0 Å². The van der Waals surface area contributed by atoms with Crippen molar-refractivity contribution in [2.45, 2.75) is 39.2 Å². The quantitative estimate of drug-likeness (QED) is 0.281. The number of hydrogen-bond acceptors (Lipinski definition) is 8. The zero-order chi connectivity index (χ0) is 25.1. The van der Waals surface area contributed by atoms with Crippen LogP contribution in [0.5, 0.6) is 0 Å². The molecule has 36 heavy (non-hydrogen) atoms. The van der Waals surface area contributed by atoms with Crippen molar-refractivity contribution >= 4 is 61.5 Å². The van der Waals surface area contributed by atoms with Crippen LogP contribution in [0.4, 0.5) is 5.13 Å². The number of nitrogens with one attached hydrogen (secondary N) is 1. The number of carbonyl (C=O) groups is 2. The minimum atomic E-state index is -0.463. The molecule has 0 atom stereocenters. The van der Waals surface area contributed by atoms with Crippen molar-refractivity contribution < 1.29 is 14.4 Å².